The minimum atomic E-state index is -1.47. The van der Waals surface area contributed by atoms with Crippen molar-refractivity contribution >= 4 is 58.0 Å². The molecule has 6 heteroatoms. The van der Waals surface area contributed by atoms with Crippen molar-refractivity contribution in [3.63, 3.8) is 0 Å². The van der Waals surface area contributed by atoms with Crippen LogP contribution in [0.4, 0.5) is 0 Å². The number of Topliss-reactive ketones (excluding diaryl/α,β-unsaturated/α-hetero) is 2. The van der Waals surface area contributed by atoms with E-state index in [0.29, 0.717) is 0 Å². The SMILES string of the molecule is O=C1C(=O)[C@@]2(Cl)C=C(Cl)[C@]1(Cl)[C@H]1[C@@H]2[C@H]2C=C[C@@H]1C2Cl. The molecule has 0 spiro atoms. The summed E-state index contributed by atoms with van der Waals surface area (Å²) in [6.45, 7) is 0. The third-order valence-electron chi connectivity index (χ3n) is 5.02. The molecular formula is C13H8Cl4O2. The molecule has 2 saturated carbocycles. The molecule has 100 valence electrons. The first kappa shape index (κ1) is 12.7. The van der Waals surface area contributed by atoms with Crippen molar-refractivity contribution in [3.05, 3.63) is 23.3 Å². The molecule has 5 rings (SSSR count). The first-order chi connectivity index (χ1) is 8.83. The number of fused-ring (bicyclic) bond motifs is 3. The molecule has 4 bridgehead atoms. The Morgan fingerprint density at radius 3 is 2.21 bits per heavy atom. The Morgan fingerprint density at radius 2 is 1.58 bits per heavy atom. The molecule has 7 atom stereocenters. The normalized spacial score (nSPS) is 57.7. The summed E-state index contributed by atoms with van der Waals surface area (Å²) in [4.78, 5) is 21.7. The van der Waals surface area contributed by atoms with Crippen LogP contribution in [-0.2, 0) is 9.59 Å². The maximum absolute atomic E-state index is 12.3. The minimum absolute atomic E-state index is 0.0367. The summed E-state index contributed by atoms with van der Waals surface area (Å²) in [5.74, 6) is -2.00. The van der Waals surface area contributed by atoms with Gasteiger partial charge in [0.2, 0.25) is 11.6 Å². The van der Waals surface area contributed by atoms with Crippen LogP contribution in [-0.4, -0.2) is 26.7 Å². The summed E-state index contributed by atoms with van der Waals surface area (Å²) >= 11 is 25.5. The second kappa shape index (κ2) is 3.41. The summed E-state index contributed by atoms with van der Waals surface area (Å²) in [6, 6.07) is 0. The molecule has 0 aromatic rings. The number of carbonyl (C=O) groups is 2. The van der Waals surface area contributed by atoms with Crippen LogP contribution in [0.2, 0.25) is 0 Å². The molecule has 2 fully saturated rings. The second-order valence-electron chi connectivity index (χ2n) is 5.67. The Balaban J connectivity index is 2.02. The van der Waals surface area contributed by atoms with Gasteiger partial charge in [-0.05, 0) is 17.9 Å². The van der Waals surface area contributed by atoms with Crippen molar-refractivity contribution in [1.29, 1.82) is 0 Å². The van der Waals surface area contributed by atoms with Crippen molar-refractivity contribution in [2.45, 2.75) is 15.1 Å². The number of halogens is 4. The van der Waals surface area contributed by atoms with Crippen LogP contribution in [0.25, 0.3) is 0 Å². The number of hydrogen-bond acceptors (Lipinski definition) is 2. The molecule has 0 N–H and O–H groups in total. The lowest BCUT2D eigenvalue weighted by Gasteiger charge is -2.53. The Labute approximate surface area is 129 Å². The molecule has 0 heterocycles. The molecule has 0 amide bonds. The Hall–Kier alpha value is -0.0200. The first-order valence-electron chi connectivity index (χ1n) is 6.01. The maximum atomic E-state index is 12.3. The molecule has 0 aliphatic heterocycles. The zero-order valence-corrected chi connectivity index (χ0v) is 12.5. The van der Waals surface area contributed by atoms with E-state index in [1.54, 1.807) is 0 Å². The van der Waals surface area contributed by atoms with Gasteiger partial charge in [0.05, 0.1) is 0 Å². The fraction of sp³-hybridized carbons (Fsp3) is 0.538. The van der Waals surface area contributed by atoms with Gasteiger partial charge in [-0.15, -0.1) is 34.8 Å². The quantitative estimate of drug-likeness (QED) is 0.387. The predicted molar refractivity (Wildman–Crippen MR) is 73.9 cm³/mol. The average Bonchev–Trinajstić information content (AvgIpc) is 2.87. The fourth-order valence-electron chi connectivity index (χ4n) is 4.25. The predicted octanol–water partition coefficient (Wildman–Crippen LogP) is 2.89. The molecule has 0 aromatic heterocycles. The van der Waals surface area contributed by atoms with E-state index in [4.69, 9.17) is 46.4 Å². The van der Waals surface area contributed by atoms with Crippen LogP contribution in [0.3, 0.4) is 0 Å². The number of rotatable bonds is 0. The number of ketones is 2. The highest BCUT2D eigenvalue weighted by atomic mass is 35.5. The highest BCUT2D eigenvalue weighted by Gasteiger charge is 2.75. The Bertz CT molecular complexity index is 597. The van der Waals surface area contributed by atoms with Gasteiger partial charge in [0.25, 0.3) is 0 Å². The van der Waals surface area contributed by atoms with E-state index in [0.717, 1.165) is 0 Å². The second-order valence-corrected chi connectivity index (χ2v) is 7.80. The van der Waals surface area contributed by atoms with Crippen LogP contribution >= 0.6 is 46.4 Å². The van der Waals surface area contributed by atoms with Crippen LogP contribution in [0.5, 0.6) is 0 Å². The van der Waals surface area contributed by atoms with E-state index in [-0.39, 0.29) is 34.1 Å². The van der Waals surface area contributed by atoms with Crippen LogP contribution in [0, 0.1) is 23.7 Å². The Kier molecular flexibility index (Phi) is 2.28. The molecule has 2 nitrogen and oxygen atoms in total. The van der Waals surface area contributed by atoms with Gasteiger partial charge in [-0.2, -0.15) is 0 Å². The summed E-state index contributed by atoms with van der Waals surface area (Å²) in [6.07, 6.45) is 5.40. The minimum Gasteiger partial charge on any atom is -0.288 e. The van der Waals surface area contributed by atoms with Crippen LogP contribution < -0.4 is 0 Å². The van der Waals surface area contributed by atoms with Gasteiger partial charge in [-0.3, -0.25) is 9.59 Å². The van der Waals surface area contributed by atoms with E-state index in [1.165, 1.54) is 6.08 Å². The van der Waals surface area contributed by atoms with Gasteiger partial charge in [0.1, 0.15) is 9.75 Å². The van der Waals surface area contributed by atoms with Crippen LogP contribution in [0.15, 0.2) is 23.3 Å². The molecule has 0 radical (unpaired) electrons. The molecule has 0 aromatic carbocycles. The summed E-state index contributed by atoms with van der Waals surface area (Å²) in [5, 5.41) is -0.0132. The van der Waals surface area contributed by atoms with Gasteiger partial charge < -0.3 is 0 Å². The number of carbonyl (C=O) groups excluding carboxylic acids is 2. The number of allylic oxidation sites excluding steroid dienone is 4. The first-order valence-corrected chi connectivity index (χ1v) is 7.59. The smallest absolute Gasteiger partial charge is 0.227 e. The van der Waals surface area contributed by atoms with Crippen molar-refractivity contribution in [2.24, 2.45) is 23.7 Å². The highest BCUT2D eigenvalue weighted by Crippen LogP contribution is 2.68. The van der Waals surface area contributed by atoms with Crippen LogP contribution in [0.1, 0.15) is 0 Å². The molecule has 5 aliphatic rings. The van der Waals surface area contributed by atoms with Gasteiger partial charge in [-0.1, -0.05) is 23.8 Å². The fourth-order valence-corrected chi connectivity index (χ4v) is 6.07. The monoisotopic (exact) mass is 336 g/mol. The van der Waals surface area contributed by atoms with Crippen molar-refractivity contribution in [1.82, 2.24) is 0 Å². The average molecular weight is 338 g/mol. The maximum Gasteiger partial charge on any atom is 0.227 e. The molecule has 5 aliphatic carbocycles. The van der Waals surface area contributed by atoms with Gasteiger partial charge in [0.15, 0.2) is 0 Å². The molecular weight excluding hydrogens is 330 g/mol. The van der Waals surface area contributed by atoms with Crippen molar-refractivity contribution < 1.29 is 9.59 Å². The lowest BCUT2D eigenvalue weighted by molar-refractivity contribution is -0.144. The van der Waals surface area contributed by atoms with E-state index >= 15 is 0 Å². The zero-order valence-electron chi connectivity index (χ0n) is 9.45. The summed E-state index contributed by atoms with van der Waals surface area (Å²) in [5.41, 5.74) is 0. The van der Waals surface area contributed by atoms with Gasteiger partial charge in [0, 0.05) is 22.2 Å². The zero-order chi connectivity index (χ0) is 13.7. The third-order valence-corrected chi connectivity index (χ3v) is 7.27. The topological polar surface area (TPSA) is 34.1 Å². The summed E-state index contributed by atoms with van der Waals surface area (Å²) < 4.78 is 0. The Morgan fingerprint density at radius 1 is 1.00 bits per heavy atom. The van der Waals surface area contributed by atoms with Crippen molar-refractivity contribution in [2.75, 3.05) is 0 Å². The highest BCUT2D eigenvalue weighted by molar-refractivity contribution is 6.66. The van der Waals surface area contributed by atoms with E-state index < -0.39 is 21.3 Å². The molecule has 19 heavy (non-hydrogen) atoms. The molecule has 1 unspecified atom stereocenters. The summed E-state index contributed by atoms with van der Waals surface area (Å²) in [7, 11) is 0. The molecule has 0 saturated heterocycles. The van der Waals surface area contributed by atoms with E-state index in [9.17, 15) is 9.59 Å². The van der Waals surface area contributed by atoms with Gasteiger partial charge >= 0.3 is 0 Å². The number of alkyl halides is 3. The van der Waals surface area contributed by atoms with Gasteiger partial charge in [-0.25, -0.2) is 0 Å². The number of hydrogen-bond donors (Lipinski definition) is 0. The van der Waals surface area contributed by atoms with Crippen molar-refractivity contribution in [3.8, 4) is 0 Å². The standard InChI is InChI=1S/C13H8Cl4O2/c14-6-3-12(16)7-4-1-2-5(9(4)15)8(7)13(6,17)11(19)10(12)18/h1-5,7-9H/t4-,5+,7+,8-,9?,12-,13+/m1/s1. The largest absolute Gasteiger partial charge is 0.288 e. The van der Waals surface area contributed by atoms with E-state index in [2.05, 4.69) is 0 Å². The lowest BCUT2D eigenvalue weighted by Crippen LogP contribution is -2.67. The van der Waals surface area contributed by atoms with E-state index in [1.807, 2.05) is 12.2 Å². The lowest BCUT2D eigenvalue weighted by atomic mass is 9.57. The third kappa shape index (κ3) is 1.12.